The predicted molar refractivity (Wildman–Crippen MR) is 91.2 cm³/mol. The van der Waals surface area contributed by atoms with Crippen LogP contribution in [0.5, 0.6) is 0 Å². The molecule has 2 aromatic rings. The van der Waals surface area contributed by atoms with Crippen LogP contribution >= 0.6 is 0 Å². The molecule has 1 aromatic carbocycles. The summed E-state index contributed by atoms with van der Waals surface area (Å²) in [5.41, 5.74) is 1.35. The second-order valence-electron chi connectivity index (χ2n) is 5.79. The van der Waals surface area contributed by atoms with E-state index in [0.29, 0.717) is 18.7 Å². The Hall–Kier alpha value is -3.37. The van der Waals surface area contributed by atoms with Gasteiger partial charge < -0.3 is 19.9 Å². The quantitative estimate of drug-likeness (QED) is 0.793. The maximum absolute atomic E-state index is 12.7. The summed E-state index contributed by atoms with van der Waals surface area (Å²) >= 11 is 0. The van der Waals surface area contributed by atoms with Gasteiger partial charge in [-0.15, -0.1) is 0 Å². The van der Waals surface area contributed by atoms with Crippen molar-refractivity contribution in [2.45, 2.75) is 6.18 Å². The Morgan fingerprint density at radius 2 is 1.89 bits per heavy atom. The minimum atomic E-state index is -5.08. The maximum atomic E-state index is 12.7. The molecule has 0 unspecified atom stereocenters. The summed E-state index contributed by atoms with van der Waals surface area (Å²) in [7, 11) is 1.89. The van der Waals surface area contributed by atoms with Gasteiger partial charge in [-0.05, 0) is 6.07 Å². The molecule has 1 aliphatic heterocycles. The van der Waals surface area contributed by atoms with Gasteiger partial charge in [0.25, 0.3) is 5.91 Å². The first-order valence-corrected chi connectivity index (χ1v) is 8.04. The van der Waals surface area contributed by atoms with Crippen LogP contribution in [-0.2, 0) is 16.6 Å². The van der Waals surface area contributed by atoms with Gasteiger partial charge in [0.15, 0.2) is 0 Å². The molecule has 0 aliphatic carbocycles. The summed E-state index contributed by atoms with van der Waals surface area (Å²) < 4.78 is 33.6. The number of aryl methyl sites for hydroxylation is 1. The summed E-state index contributed by atoms with van der Waals surface area (Å²) in [6.07, 6.45) is -1.55. The summed E-state index contributed by atoms with van der Waals surface area (Å²) in [5.74, 6) is -2.28. The normalized spacial score (nSPS) is 14.0. The van der Waals surface area contributed by atoms with Gasteiger partial charge in [0.2, 0.25) is 5.91 Å². The van der Waals surface area contributed by atoms with E-state index in [0.717, 1.165) is 11.4 Å². The number of rotatable bonds is 2. The number of nitrogens with zero attached hydrogens (tertiary/aromatic N) is 3. The molecule has 0 radical (unpaired) electrons. The van der Waals surface area contributed by atoms with Crippen molar-refractivity contribution in [1.82, 2.24) is 19.8 Å². The fraction of sp³-hybridized carbons (Fsp3) is 0.294. The lowest BCUT2D eigenvalue weighted by Crippen LogP contribution is -2.50. The number of amides is 2. The number of imidazole rings is 1. The van der Waals surface area contributed by atoms with E-state index in [1.54, 1.807) is 17.2 Å². The van der Waals surface area contributed by atoms with Gasteiger partial charge in [-0.1, -0.05) is 18.2 Å². The van der Waals surface area contributed by atoms with E-state index in [-0.39, 0.29) is 18.4 Å². The van der Waals surface area contributed by atoms with Gasteiger partial charge >= 0.3 is 12.1 Å². The Bertz CT molecular complexity index is 879. The first kappa shape index (κ1) is 20.9. The van der Waals surface area contributed by atoms with E-state index in [1.165, 1.54) is 0 Å². The minimum absolute atomic E-state index is 0.105. The van der Waals surface area contributed by atoms with Crippen LogP contribution in [0, 0.1) is 0 Å². The highest BCUT2D eigenvalue weighted by atomic mass is 19.4. The van der Waals surface area contributed by atoms with Crippen LogP contribution in [0.2, 0.25) is 0 Å². The maximum Gasteiger partial charge on any atom is 0.490 e. The summed E-state index contributed by atoms with van der Waals surface area (Å²) in [6.45, 7) is 1.13. The standard InChI is InChI=1S/C15H16N4O2.C2HF3O2/c1-18-8-6-17-14(18)11-4-2-3-5-12(11)15(21)19-9-7-16-13(20)10-19;3-2(4,5)1(6)7/h2-6,8H,7,9-10H2,1H3,(H,16,20);(H,6,7). The number of hydrogen-bond donors (Lipinski definition) is 2. The number of benzene rings is 1. The van der Waals surface area contributed by atoms with Gasteiger partial charge in [0, 0.05) is 38.1 Å². The van der Waals surface area contributed by atoms with E-state index in [4.69, 9.17) is 9.90 Å². The number of carbonyl (C=O) groups is 3. The van der Waals surface area contributed by atoms with Crippen molar-refractivity contribution in [1.29, 1.82) is 0 Å². The van der Waals surface area contributed by atoms with Crippen molar-refractivity contribution in [3.05, 3.63) is 42.2 Å². The Balaban J connectivity index is 0.000000345. The largest absolute Gasteiger partial charge is 0.490 e. The Kier molecular flexibility index (Phi) is 6.39. The SMILES string of the molecule is Cn1ccnc1-c1ccccc1C(=O)N1CCNC(=O)C1.O=C(O)C(F)(F)F. The van der Waals surface area contributed by atoms with E-state index < -0.39 is 12.1 Å². The lowest BCUT2D eigenvalue weighted by atomic mass is 10.1. The lowest BCUT2D eigenvalue weighted by Gasteiger charge is -2.27. The molecule has 2 heterocycles. The molecule has 28 heavy (non-hydrogen) atoms. The number of carboxylic acid groups (broad SMARTS) is 1. The van der Waals surface area contributed by atoms with Crippen LogP contribution in [-0.4, -0.2) is 63.2 Å². The zero-order valence-electron chi connectivity index (χ0n) is 14.7. The zero-order chi connectivity index (χ0) is 20.9. The molecular weight excluding hydrogens is 381 g/mol. The third kappa shape index (κ3) is 5.09. The topological polar surface area (TPSA) is 105 Å². The average molecular weight is 398 g/mol. The number of carboxylic acids is 1. The number of aromatic nitrogens is 2. The highest BCUT2D eigenvalue weighted by Crippen LogP contribution is 2.23. The zero-order valence-corrected chi connectivity index (χ0v) is 14.7. The fourth-order valence-corrected chi connectivity index (χ4v) is 2.47. The summed E-state index contributed by atoms with van der Waals surface area (Å²) in [6, 6.07) is 7.35. The molecular formula is C17H17F3N4O4. The van der Waals surface area contributed by atoms with E-state index in [1.807, 2.05) is 36.0 Å². The molecule has 0 bridgehead atoms. The Morgan fingerprint density at radius 1 is 1.25 bits per heavy atom. The number of alkyl halides is 3. The number of hydrogen-bond acceptors (Lipinski definition) is 4. The average Bonchev–Trinajstić information content (AvgIpc) is 3.06. The summed E-state index contributed by atoms with van der Waals surface area (Å²) in [5, 5.41) is 9.85. The van der Waals surface area contributed by atoms with Gasteiger partial charge in [0.05, 0.1) is 12.1 Å². The molecule has 150 valence electrons. The summed E-state index contributed by atoms with van der Waals surface area (Å²) in [4.78, 5) is 38.9. The van der Waals surface area contributed by atoms with Crippen LogP contribution < -0.4 is 5.32 Å². The molecule has 0 atom stereocenters. The van der Waals surface area contributed by atoms with Crippen LogP contribution in [0.4, 0.5) is 13.2 Å². The number of aliphatic carboxylic acids is 1. The Morgan fingerprint density at radius 3 is 2.43 bits per heavy atom. The Labute approximate surface area is 157 Å². The molecule has 1 fully saturated rings. The highest BCUT2D eigenvalue weighted by Gasteiger charge is 2.38. The monoisotopic (exact) mass is 398 g/mol. The van der Waals surface area contributed by atoms with Crippen LogP contribution in [0.15, 0.2) is 36.7 Å². The van der Waals surface area contributed by atoms with Crippen LogP contribution in [0.3, 0.4) is 0 Å². The smallest absolute Gasteiger partial charge is 0.475 e. The second kappa shape index (κ2) is 8.55. The molecule has 11 heteroatoms. The number of halogens is 3. The number of carbonyl (C=O) groups excluding carboxylic acids is 2. The molecule has 1 saturated heterocycles. The molecule has 1 aliphatic rings. The molecule has 0 saturated carbocycles. The molecule has 2 N–H and O–H groups in total. The van der Waals surface area contributed by atoms with Crippen molar-refractivity contribution < 1.29 is 32.7 Å². The van der Waals surface area contributed by atoms with E-state index in [2.05, 4.69) is 10.3 Å². The van der Waals surface area contributed by atoms with Crippen molar-refractivity contribution >= 4 is 17.8 Å². The molecule has 2 amide bonds. The lowest BCUT2D eigenvalue weighted by molar-refractivity contribution is -0.192. The van der Waals surface area contributed by atoms with Crippen molar-refractivity contribution in [3.63, 3.8) is 0 Å². The first-order valence-electron chi connectivity index (χ1n) is 8.04. The third-order valence-electron chi connectivity index (χ3n) is 3.79. The van der Waals surface area contributed by atoms with Crippen molar-refractivity contribution in [2.24, 2.45) is 7.05 Å². The third-order valence-corrected chi connectivity index (χ3v) is 3.79. The molecule has 0 spiro atoms. The number of piperazine rings is 1. The van der Waals surface area contributed by atoms with Gasteiger partial charge in [0.1, 0.15) is 5.82 Å². The molecule has 8 nitrogen and oxygen atoms in total. The highest BCUT2D eigenvalue weighted by molar-refractivity contribution is 6.02. The second-order valence-corrected chi connectivity index (χ2v) is 5.79. The van der Waals surface area contributed by atoms with E-state index >= 15 is 0 Å². The van der Waals surface area contributed by atoms with Crippen molar-refractivity contribution in [3.8, 4) is 11.4 Å². The molecule has 1 aromatic heterocycles. The van der Waals surface area contributed by atoms with Crippen LogP contribution in [0.25, 0.3) is 11.4 Å². The van der Waals surface area contributed by atoms with Gasteiger partial charge in [-0.2, -0.15) is 13.2 Å². The van der Waals surface area contributed by atoms with Gasteiger partial charge in [-0.25, -0.2) is 9.78 Å². The van der Waals surface area contributed by atoms with Gasteiger partial charge in [-0.3, -0.25) is 9.59 Å². The first-order chi connectivity index (χ1) is 13.1. The van der Waals surface area contributed by atoms with Crippen LogP contribution in [0.1, 0.15) is 10.4 Å². The fourth-order valence-electron chi connectivity index (χ4n) is 2.47. The minimum Gasteiger partial charge on any atom is -0.475 e. The van der Waals surface area contributed by atoms with E-state index in [9.17, 15) is 22.8 Å². The van der Waals surface area contributed by atoms with Crippen molar-refractivity contribution in [2.75, 3.05) is 19.6 Å². The predicted octanol–water partition coefficient (Wildman–Crippen LogP) is 1.29. The molecule has 3 rings (SSSR count). The number of nitrogens with one attached hydrogen (secondary N) is 1.